The average Bonchev–Trinajstić information content (AvgIpc) is 2.66. The Bertz CT molecular complexity index is 918. The average molecular weight is 439 g/mol. The molecular weight excluding hydrogens is 415 g/mol. The van der Waals surface area contributed by atoms with Crippen molar-refractivity contribution in [2.45, 2.75) is 37.8 Å². The highest BCUT2D eigenvalue weighted by atomic mass is 32.2. The Morgan fingerprint density at radius 1 is 1.03 bits per heavy atom. The van der Waals surface area contributed by atoms with Gasteiger partial charge in [-0.25, -0.2) is 13.2 Å². The molecule has 0 radical (unpaired) electrons. The quantitative estimate of drug-likeness (QED) is 0.425. The first-order chi connectivity index (χ1) is 14.1. The van der Waals surface area contributed by atoms with Crippen molar-refractivity contribution in [3.05, 3.63) is 59.4 Å². The molecule has 2 aromatic carbocycles. The molecule has 2 rings (SSSR count). The molecule has 0 aliphatic heterocycles. The molecule has 0 saturated heterocycles. The molecule has 0 aliphatic carbocycles. The minimum atomic E-state index is -0.981. The smallest absolute Gasteiger partial charge is 0.319 e. The summed E-state index contributed by atoms with van der Waals surface area (Å²) in [5.74, 6) is -3.71. The van der Waals surface area contributed by atoms with Crippen molar-refractivity contribution in [3.63, 3.8) is 0 Å². The number of halogens is 3. The van der Waals surface area contributed by atoms with Crippen molar-refractivity contribution in [2.24, 2.45) is 11.8 Å². The number of anilines is 1. The molecule has 0 bridgehead atoms. The molecule has 2 aromatic rings. The molecule has 0 fully saturated rings. The topological polar surface area (TPSA) is 55.4 Å². The van der Waals surface area contributed by atoms with E-state index in [1.165, 1.54) is 18.2 Å². The summed E-state index contributed by atoms with van der Waals surface area (Å²) in [6, 6.07) is 6.66. The number of hydrogen-bond donors (Lipinski definition) is 1. The Labute approximate surface area is 178 Å². The van der Waals surface area contributed by atoms with Crippen molar-refractivity contribution in [2.75, 3.05) is 11.9 Å². The zero-order valence-electron chi connectivity index (χ0n) is 17.2. The number of rotatable bonds is 8. The van der Waals surface area contributed by atoms with E-state index < -0.39 is 34.6 Å². The van der Waals surface area contributed by atoms with E-state index in [-0.39, 0.29) is 34.6 Å². The summed E-state index contributed by atoms with van der Waals surface area (Å²) in [7, 11) is 0. The van der Waals surface area contributed by atoms with Gasteiger partial charge in [-0.05, 0) is 36.1 Å². The molecule has 1 amide bonds. The van der Waals surface area contributed by atoms with Crippen molar-refractivity contribution in [1.82, 2.24) is 0 Å². The first-order valence-corrected chi connectivity index (χ1v) is 10.4. The number of esters is 1. The van der Waals surface area contributed by atoms with Gasteiger partial charge in [0.1, 0.15) is 22.7 Å². The van der Waals surface area contributed by atoms with E-state index in [2.05, 4.69) is 5.32 Å². The van der Waals surface area contributed by atoms with Crippen molar-refractivity contribution in [1.29, 1.82) is 0 Å². The molecule has 0 heterocycles. The molecule has 0 aliphatic rings. The van der Waals surface area contributed by atoms with E-state index in [1.54, 1.807) is 13.8 Å². The number of ether oxygens (including phenoxy) is 1. The molecule has 162 valence electrons. The first kappa shape index (κ1) is 23.8. The maximum absolute atomic E-state index is 14.4. The Hall–Kier alpha value is -2.48. The van der Waals surface area contributed by atoms with Crippen LogP contribution in [0.2, 0.25) is 0 Å². The summed E-state index contributed by atoms with van der Waals surface area (Å²) in [6.45, 7) is 7.63. The van der Waals surface area contributed by atoms with Gasteiger partial charge in [0, 0.05) is 16.5 Å². The lowest BCUT2D eigenvalue weighted by Crippen LogP contribution is -2.27. The predicted octanol–water partition coefficient (Wildman–Crippen LogP) is 5.67. The number of carbonyl (C=O) groups is 2. The van der Waals surface area contributed by atoms with Gasteiger partial charge in [-0.2, -0.15) is 0 Å². The molecular formula is C22H24F3NO3S. The first-order valence-electron chi connectivity index (χ1n) is 9.47. The van der Waals surface area contributed by atoms with Crippen LogP contribution in [0.1, 0.15) is 38.1 Å². The van der Waals surface area contributed by atoms with Gasteiger partial charge >= 0.3 is 5.97 Å². The third kappa shape index (κ3) is 6.52. The fraction of sp³-hybridized carbons (Fsp3) is 0.364. The van der Waals surface area contributed by atoms with Gasteiger partial charge in [-0.3, -0.25) is 9.59 Å². The van der Waals surface area contributed by atoms with Crippen LogP contribution in [-0.4, -0.2) is 23.7 Å². The number of hydrogen-bond acceptors (Lipinski definition) is 4. The molecule has 1 atom stereocenters. The Morgan fingerprint density at radius 3 is 2.33 bits per heavy atom. The lowest BCUT2D eigenvalue weighted by atomic mass is 10.1. The minimum absolute atomic E-state index is 0.00820. The zero-order chi connectivity index (χ0) is 22.4. The highest BCUT2D eigenvalue weighted by Crippen LogP contribution is 2.34. The molecule has 1 N–H and O–H groups in total. The van der Waals surface area contributed by atoms with Crippen LogP contribution in [0.5, 0.6) is 0 Å². The molecule has 8 heteroatoms. The summed E-state index contributed by atoms with van der Waals surface area (Å²) in [4.78, 5) is 24.7. The van der Waals surface area contributed by atoms with Gasteiger partial charge in [0.2, 0.25) is 0 Å². The second kappa shape index (κ2) is 10.5. The fourth-order valence-electron chi connectivity index (χ4n) is 2.46. The van der Waals surface area contributed by atoms with E-state index in [9.17, 15) is 22.8 Å². The molecule has 0 saturated carbocycles. The van der Waals surface area contributed by atoms with Gasteiger partial charge in [-0.1, -0.05) is 33.8 Å². The largest absolute Gasteiger partial charge is 0.465 e. The van der Waals surface area contributed by atoms with Gasteiger partial charge in [0.05, 0.1) is 12.3 Å². The summed E-state index contributed by atoms with van der Waals surface area (Å²) < 4.78 is 47.2. The van der Waals surface area contributed by atoms with Crippen LogP contribution in [0.25, 0.3) is 0 Å². The highest BCUT2D eigenvalue weighted by Gasteiger charge is 2.27. The number of thioether (sulfide) groups is 1. The Morgan fingerprint density at radius 2 is 1.73 bits per heavy atom. The third-order valence-electron chi connectivity index (χ3n) is 4.01. The van der Waals surface area contributed by atoms with Crippen LogP contribution >= 0.6 is 11.8 Å². The second-order valence-corrected chi connectivity index (χ2v) is 8.72. The maximum atomic E-state index is 14.4. The van der Waals surface area contributed by atoms with Crippen molar-refractivity contribution < 1.29 is 27.5 Å². The van der Waals surface area contributed by atoms with Gasteiger partial charge in [0.15, 0.2) is 0 Å². The van der Waals surface area contributed by atoms with Crippen LogP contribution in [-0.2, 0) is 9.53 Å². The van der Waals surface area contributed by atoms with Crippen molar-refractivity contribution in [3.8, 4) is 0 Å². The van der Waals surface area contributed by atoms with E-state index in [0.29, 0.717) is 6.07 Å². The minimum Gasteiger partial charge on any atom is -0.465 e. The molecule has 30 heavy (non-hydrogen) atoms. The standard InChI is InChI=1S/C22H24F3NO3S/c1-12(2)11-29-22(28)20(13(3)4)30-19-10-18(16(24)9-17(19)25)26-21(27)14-6-5-7-15(23)8-14/h5-10,12-13,20H,11H2,1-4H3,(H,26,27). The monoisotopic (exact) mass is 439 g/mol. The van der Waals surface area contributed by atoms with E-state index in [0.717, 1.165) is 23.9 Å². The lowest BCUT2D eigenvalue weighted by molar-refractivity contribution is -0.144. The van der Waals surface area contributed by atoms with Crippen LogP contribution in [0.3, 0.4) is 0 Å². The van der Waals surface area contributed by atoms with E-state index in [4.69, 9.17) is 4.74 Å². The van der Waals surface area contributed by atoms with Crippen LogP contribution < -0.4 is 5.32 Å². The molecule has 0 aromatic heterocycles. The Kier molecular flexibility index (Phi) is 8.34. The molecule has 0 spiro atoms. The fourth-order valence-corrected chi connectivity index (χ4v) is 3.53. The number of nitrogens with one attached hydrogen (secondary N) is 1. The maximum Gasteiger partial charge on any atom is 0.319 e. The number of amides is 1. The second-order valence-electron chi connectivity index (χ2n) is 7.53. The summed E-state index contributed by atoms with van der Waals surface area (Å²) >= 11 is 0.904. The van der Waals surface area contributed by atoms with Gasteiger partial charge in [0.25, 0.3) is 5.91 Å². The normalized spacial score (nSPS) is 12.2. The van der Waals surface area contributed by atoms with E-state index >= 15 is 0 Å². The van der Waals surface area contributed by atoms with Crippen LogP contribution in [0.15, 0.2) is 41.3 Å². The van der Waals surface area contributed by atoms with Crippen LogP contribution in [0, 0.1) is 29.3 Å². The van der Waals surface area contributed by atoms with Crippen molar-refractivity contribution >= 4 is 29.3 Å². The summed E-state index contributed by atoms with van der Waals surface area (Å²) in [5.41, 5.74) is -0.281. The van der Waals surface area contributed by atoms with E-state index in [1.807, 2.05) is 13.8 Å². The summed E-state index contributed by atoms with van der Waals surface area (Å²) in [5, 5.41) is 1.60. The number of carbonyl (C=O) groups excluding carboxylic acids is 2. The highest BCUT2D eigenvalue weighted by molar-refractivity contribution is 8.00. The van der Waals surface area contributed by atoms with Gasteiger partial charge < -0.3 is 10.1 Å². The summed E-state index contributed by atoms with van der Waals surface area (Å²) in [6.07, 6.45) is 0. The zero-order valence-corrected chi connectivity index (χ0v) is 18.0. The van der Waals surface area contributed by atoms with Gasteiger partial charge in [-0.15, -0.1) is 11.8 Å². The third-order valence-corrected chi connectivity index (χ3v) is 5.56. The molecule has 1 unspecified atom stereocenters. The number of benzene rings is 2. The lowest BCUT2D eigenvalue weighted by Gasteiger charge is -2.20. The Balaban J connectivity index is 2.24. The molecule has 4 nitrogen and oxygen atoms in total. The predicted molar refractivity (Wildman–Crippen MR) is 111 cm³/mol. The SMILES string of the molecule is CC(C)COC(=O)C(Sc1cc(NC(=O)c2cccc(F)c2)c(F)cc1F)C(C)C. The van der Waals surface area contributed by atoms with Crippen LogP contribution in [0.4, 0.5) is 18.9 Å².